The summed E-state index contributed by atoms with van der Waals surface area (Å²) >= 11 is 5.80. The van der Waals surface area contributed by atoms with Crippen molar-refractivity contribution in [2.75, 3.05) is 144 Å². The number of morpholine rings is 2. The van der Waals surface area contributed by atoms with Crippen molar-refractivity contribution < 1.29 is 33.2 Å². The summed E-state index contributed by atoms with van der Waals surface area (Å²) in [6.07, 6.45) is 12.6. The first-order chi connectivity index (χ1) is 43.1. The summed E-state index contributed by atoms with van der Waals surface area (Å²) in [5.41, 5.74) is 23.3. The van der Waals surface area contributed by atoms with Gasteiger partial charge < -0.3 is 62.5 Å². The highest BCUT2D eigenvalue weighted by molar-refractivity contribution is 6.31. The molecule has 27 heteroatoms. The zero-order valence-corrected chi connectivity index (χ0v) is 49.9. The Hall–Kier alpha value is -9.18. The second-order valence-electron chi connectivity index (χ2n) is 20.1. The summed E-state index contributed by atoms with van der Waals surface area (Å²) in [6.45, 7) is 14.8. The smallest absolute Gasteiger partial charge is 0.255 e. The number of rotatable bonds is 24. The van der Waals surface area contributed by atoms with E-state index >= 15 is 0 Å². The molecule has 1 atom stereocenters. The predicted octanol–water partition coefficient (Wildman–Crippen LogP) is 8.08. The van der Waals surface area contributed by atoms with Crippen LogP contribution in [0, 0.1) is 5.82 Å². The lowest BCUT2D eigenvalue weighted by Crippen LogP contribution is -2.38. The fourth-order valence-electron chi connectivity index (χ4n) is 9.00. The van der Waals surface area contributed by atoms with Gasteiger partial charge in [-0.05, 0) is 93.0 Å². The SMILES string of the molecule is C[C@H](Nc1ncnc(N)c1/C=N/OCCN1CCCCC1)c1ccccc1.Nc1ncnc(Nc2ccc(F)c(Cl)c2)c1/C=N/OCCN1CCOCC1.Nc1ncnc(Nc2ccc(NC(=O)c3ccccc3)cc2)c1/C=N/OCCN1CCOCC1. The second-order valence-corrected chi connectivity index (χ2v) is 20.5. The molecule has 7 aromatic rings. The third-order valence-electron chi connectivity index (χ3n) is 13.9. The Labute approximate surface area is 515 Å². The van der Waals surface area contributed by atoms with Crippen LogP contribution in [0.2, 0.25) is 5.02 Å². The molecule has 0 spiro atoms. The van der Waals surface area contributed by atoms with Crippen molar-refractivity contribution in [3.8, 4) is 0 Å². The van der Waals surface area contributed by atoms with Crippen LogP contribution in [0.25, 0.3) is 0 Å². The van der Waals surface area contributed by atoms with E-state index in [0.29, 0.717) is 76.7 Å². The average molecular weight is 1220 g/mol. The van der Waals surface area contributed by atoms with Crippen LogP contribution in [-0.2, 0) is 24.0 Å². The van der Waals surface area contributed by atoms with E-state index in [1.165, 1.54) is 62.8 Å². The fourth-order valence-corrected chi connectivity index (χ4v) is 9.18. The number of nitrogens with two attached hydrogens (primary N) is 3. The first kappa shape index (κ1) is 64.8. The minimum Gasteiger partial charge on any atom is -0.394 e. The quantitative estimate of drug-likeness (QED) is 0.0171. The summed E-state index contributed by atoms with van der Waals surface area (Å²) in [4.78, 5) is 60.2. The summed E-state index contributed by atoms with van der Waals surface area (Å²) < 4.78 is 23.9. The molecule has 0 aliphatic carbocycles. The minimum absolute atomic E-state index is 0.00342. The van der Waals surface area contributed by atoms with E-state index in [1.54, 1.807) is 36.5 Å². The lowest BCUT2D eigenvalue weighted by Gasteiger charge is -2.25. The highest BCUT2D eigenvalue weighted by Gasteiger charge is 2.16. The number of oxime groups is 3. The largest absolute Gasteiger partial charge is 0.394 e. The average Bonchev–Trinajstić information content (AvgIpc) is 3.67. The molecule has 3 fully saturated rings. The van der Waals surface area contributed by atoms with Crippen LogP contribution in [0.15, 0.2) is 138 Å². The Morgan fingerprint density at radius 1 is 0.580 bits per heavy atom. The lowest BCUT2D eigenvalue weighted by molar-refractivity contribution is 0.0213. The molecule has 25 nitrogen and oxygen atoms in total. The van der Waals surface area contributed by atoms with Gasteiger partial charge in [0.15, 0.2) is 0 Å². The summed E-state index contributed by atoms with van der Waals surface area (Å²) in [5, 5.41) is 24.5. The first-order valence-corrected chi connectivity index (χ1v) is 29.3. The normalized spacial score (nSPS) is 15.1. The molecule has 0 saturated carbocycles. The van der Waals surface area contributed by atoms with E-state index in [1.807, 2.05) is 48.5 Å². The number of halogens is 2. The van der Waals surface area contributed by atoms with Crippen LogP contribution in [0.1, 0.15) is 64.8 Å². The maximum atomic E-state index is 13.3. The lowest BCUT2D eigenvalue weighted by atomic mass is 10.1. The molecule has 6 heterocycles. The minimum atomic E-state index is -0.500. The van der Waals surface area contributed by atoms with Crippen LogP contribution in [-0.4, -0.2) is 174 Å². The van der Waals surface area contributed by atoms with Gasteiger partial charge in [-0.2, -0.15) is 0 Å². The molecule has 3 aliphatic rings. The van der Waals surface area contributed by atoms with Gasteiger partial charge >= 0.3 is 0 Å². The highest BCUT2D eigenvalue weighted by Crippen LogP contribution is 2.26. The Kier molecular flexibility index (Phi) is 26.1. The van der Waals surface area contributed by atoms with Crippen molar-refractivity contribution in [2.45, 2.75) is 32.2 Å². The third-order valence-corrected chi connectivity index (χ3v) is 14.2. The zero-order chi connectivity index (χ0) is 61.6. The maximum absolute atomic E-state index is 13.3. The Bertz CT molecular complexity index is 3320. The predicted molar refractivity (Wildman–Crippen MR) is 342 cm³/mol. The number of hydrogen-bond acceptors (Lipinski definition) is 24. The van der Waals surface area contributed by atoms with Crippen LogP contribution in [0.3, 0.4) is 0 Å². The van der Waals surface area contributed by atoms with Gasteiger partial charge in [-0.1, -0.05) is 82.0 Å². The van der Waals surface area contributed by atoms with Gasteiger partial charge in [0.2, 0.25) is 0 Å². The van der Waals surface area contributed by atoms with E-state index in [9.17, 15) is 9.18 Å². The summed E-state index contributed by atoms with van der Waals surface area (Å²) in [7, 11) is 0. The Morgan fingerprint density at radius 3 is 1.51 bits per heavy atom. The maximum Gasteiger partial charge on any atom is 0.255 e. The van der Waals surface area contributed by atoms with Crippen LogP contribution < -0.4 is 38.5 Å². The van der Waals surface area contributed by atoms with E-state index in [-0.39, 0.29) is 28.6 Å². The molecule has 0 radical (unpaired) electrons. The van der Waals surface area contributed by atoms with E-state index in [2.05, 4.69) is 100 Å². The number of carbonyl (C=O) groups is 1. The highest BCUT2D eigenvalue weighted by atomic mass is 35.5. The molecule has 10 N–H and O–H groups in total. The molecule has 4 aromatic carbocycles. The molecule has 1 amide bonds. The second kappa shape index (κ2) is 35.4. The first-order valence-electron chi connectivity index (χ1n) is 28.9. The van der Waals surface area contributed by atoms with Crippen molar-refractivity contribution >= 4 is 88.1 Å². The van der Waals surface area contributed by atoms with Gasteiger partial charge in [0.1, 0.15) is 79.5 Å². The number of nitrogen functional groups attached to an aromatic ring is 3. The third kappa shape index (κ3) is 21.4. The summed E-state index contributed by atoms with van der Waals surface area (Å²) in [6, 6.07) is 30.8. The van der Waals surface area contributed by atoms with Crippen molar-refractivity contribution in [1.82, 2.24) is 44.6 Å². The topological polar surface area (TPSA) is 314 Å². The number of aromatic nitrogens is 6. The van der Waals surface area contributed by atoms with Crippen LogP contribution in [0.5, 0.6) is 0 Å². The number of benzene rings is 4. The van der Waals surface area contributed by atoms with Crippen molar-refractivity contribution in [1.29, 1.82) is 0 Å². The monoisotopic (exact) mass is 1220 g/mol. The molecule has 10 rings (SSSR count). The molecule has 464 valence electrons. The molecule has 3 saturated heterocycles. The van der Waals surface area contributed by atoms with E-state index in [4.69, 9.17) is 52.8 Å². The van der Waals surface area contributed by atoms with E-state index < -0.39 is 5.82 Å². The molecular weight excluding hydrogens is 1150 g/mol. The van der Waals surface area contributed by atoms with Crippen LogP contribution in [0.4, 0.5) is 56.4 Å². The molecule has 0 bridgehead atoms. The van der Waals surface area contributed by atoms with Crippen molar-refractivity contribution in [3.63, 3.8) is 0 Å². The van der Waals surface area contributed by atoms with Crippen molar-refractivity contribution in [2.24, 2.45) is 15.5 Å². The van der Waals surface area contributed by atoms with Gasteiger partial charge in [-0.15, -0.1) is 0 Å². The van der Waals surface area contributed by atoms with E-state index in [0.717, 1.165) is 96.6 Å². The number of carbonyl (C=O) groups excluding carboxylic acids is 1. The van der Waals surface area contributed by atoms with Gasteiger partial charge in [0.25, 0.3) is 5.91 Å². The molecule has 88 heavy (non-hydrogen) atoms. The standard InChI is InChI=1S/C24H27N7O3.C20H28N6O.C17H20ClFN6O2/c25-22-21(16-28-34-15-12-31-10-13-33-14-11-31)23(27-17-26-22)29-19-6-8-20(9-7-19)30-24(32)18-4-2-1-3-5-18;1-16(17-8-4-2-5-9-17)25-20-18(19(21)22-15-23-20)14-24-27-13-12-26-10-6-3-7-11-26;18-14-9-12(1-2-15(14)19)24-17-13(16(20)21-11-22-17)10-23-27-8-5-25-3-6-26-7-4-25/h1-9,16-17H,10-15H2,(H,30,32)(H3,25,26,27,29);2,4-5,8-9,14-16H,3,6-7,10-13H2,1H3,(H3,21,22,23,25);1-2,9-11H,3-8H2,(H3,20,21,22,24)/b28-16+;24-14+;23-10+/t;16-;/m.0./s1. The number of piperidine rings is 1. The Morgan fingerprint density at radius 2 is 1.01 bits per heavy atom. The van der Waals surface area contributed by atoms with Gasteiger partial charge in [0.05, 0.1) is 66.8 Å². The molecular formula is C61H75ClFN19O6. The number of anilines is 9. The van der Waals surface area contributed by atoms with Gasteiger partial charge in [0, 0.05) is 74.5 Å². The molecule has 3 aliphatic heterocycles. The number of ether oxygens (including phenoxy) is 2. The molecule has 0 unspecified atom stereocenters. The number of nitrogens with one attached hydrogen (secondary N) is 4. The van der Waals surface area contributed by atoms with Gasteiger partial charge in [-0.3, -0.25) is 19.5 Å². The number of nitrogens with zero attached hydrogens (tertiary/aromatic N) is 12. The Balaban J connectivity index is 0.000000173. The summed E-state index contributed by atoms with van der Waals surface area (Å²) in [5.74, 6) is 1.76. The zero-order valence-electron chi connectivity index (χ0n) is 49.1. The molecule has 3 aromatic heterocycles. The number of hydrogen-bond donors (Lipinski definition) is 7. The van der Waals surface area contributed by atoms with Gasteiger partial charge in [-0.25, -0.2) is 34.3 Å². The fraction of sp³-hybridized carbons (Fsp3) is 0.344. The van der Waals surface area contributed by atoms with Crippen LogP contribution >= 0.6 is 11.6 Å². The van der Waals surface area contributed by atoms with Crippen molar-refractivity contribution in [3.05, 3.63) is 161 Å². The number of likely N-dealkylation sites (tertiary alicyclic amines) is 1. The number of amides is 1.